The average molecular weight is 333 g/mol. The number of nitrogens with two attached hydrogens (primary N) is 1. The molecular weight excluding hydrogens is 314 g/mol. The number of aryl methyl sites for hydroxylation is 1. The lowest BCUT2D eigenvalue weighted by atomic mass is 10.1. The molecule has 0 unspecified atom stereocenters. The first-order valence-corrected chi connectivity index (χ1v) is 8.11. The van der Waals surface area contributed by atoms with Crippen LogP contribution in [0.25, 0.3) is 0 Å². The van der Waals surface area contributed by atoms with Crippen molar-refractivity contribution in [3.8, 4) is 0 Å². The Kier molecular flexibility index (Phi) is 5.38. The van der Waals surface area contributed by atoms with Gasteiger partial charge in [-0.1, -0.05) is 23.9 Å². The summed E-state index contributed by atoms with van der Waals surface area (Å²) in [5, 5.41) is 11.5. The topological polar surface area (TPSA) is 103 Å². The van der Waals surface area contributed by atoms with E-state index in [1.807, 2.05) is 25.3 Å². The Morgan fingerprint density at radius 2 is 2.00 bits per heavy atom. The molecule has 0 atom stereocenters. The molecule has 0 saturated carbocycles. The molecule has 2 aromatic rings. The van der Waals surface area contributed by atoms with Crippen molar-refractivity contribution in [1.82, 2.24) is 14.8 Å². The van der Waals surface area contributed by atoms with E-state index < -0.39 is 5.91 Å². The fourth-order valence-electron chi connectivity index (χ4n) is 2.17. The Morgan fingerprint density at radius 1 is 1.30 bits per heavy atom. The third kappa shape index (κ3) is 4.10. The minimum atomic E-state index is -0.580. The van der Waals surface area contributed by atoms with E-state index in [2.05, 4.69) is 15.5 Å². The summed E-state index contributed by atoms with van der Waals surface area (Å²) in [4.78, 5) is 23.5. The molecule has 1 aromatic heterocycles. The van der Waals surface area contributed by atoms with Gasteiger partial charge in [-0.05, 0) is 32.9 Å². The van der Waals surface area contributed by atoms with Gasteiger partial charge in [0.2, 0.25) is 5.91 Å². The van der Waals surface area contributed by atoms with Gasteiger partial charge in [0.05, 0.1) is 17.0 Å². The number of carbonyl (C=O) groups excluding carboxylic acids is 2. The predicted octanol–water partition coefficient (Wildman–Crippen LogP) is 2.00. The lowest BCUT2D eigenvalue weighted by Crippen LogP contribution is -2.19. The first-order chi connectivity index (χ1) is 10.9. The van der Waals surface area contributed by atoms with E-state index in [0.29, 0.717) is 10.8 Å². The molecule has 0 fully saturated rings. The molecule has 0 aliphatic carbocycles. The molecule has 1 aromatic carbocycles. The zero-order chi connectivity index (χ0) is 17.0. The van der Waals surface area contributed by atoms with E-state index in [1.165, 1.54) is 11.8 Å². The maximum absolute atomic E-state index is 12.1. The Hall–Kier alpha value is -2.35. The van der Waals surface area contributed by atoms with Gasteiger partial charge in [0.15, 0.2) is 5.16 Å². The van der Waals surface area contributed by atoms with Crippen LogP contribution in [-0.4, -0.2) is 32.3 Å². The van der Waals surface area contributed by atoms with Gasteiger partial charge in [0, 0.05) is 6.04 Å². The minimum absolute atomic E-state index is 0.165. The smallest absolute Gasteiger partial charge is 0.250 e. The van der Waals surface area contributed by atoms with Gasteiger partial charge >= 0.3 is 0 Å². The second-order valence-corrected chi connectivity index (χ2v) is 6.18. The zero-order valence-electron chi connectivity index (χ0n) is 13.2. The van der Waals surface area contributed by atoms with Crippen LogP contribution in [0.15, 0.2) is 29.4 Å². The fraction of sp³-hybridized carbons (Fsp3) is 0.333. The molecule has 8 heteroatoms. The number of anilines is 1. The van der Waals surface area contributed by atoms with Crippen LogP contribution in [0.4, 0.5) is 5.69 Å². The molecule has 0 saturated heterocycles. The normalized spacial score (nSPS) is 10.8. The molecule has 23 heavy (non-hydrogen) atoms. The molecule has 2 amide bonds. The number of nitrogens with one attached hydrogen (secondary N) is 1. The number of rotatable bonds is 6. The van der Waals surface area contributed by atoms with Crippen LogP contribution in [0.5, 0.6) is 0 Å². The largest absolute Gasteiger partial charge is 0.366 e. The predicted molar refractivity (Wildman–Crippen MR) is 89.5 cm³/mol. The second kappa shape index (κ2) is 7.28. The number of amides is 2. The van der Waals surface area contributed by atoms with E-state index >= 15 is 0 Å². The van der Waals surface area contributed by atoms with Gasteiger partial charge in [0.1, 0.15) is 5.82 Å². The van der Waals surface area contributed by atoms with Crippen LogP contribution >= 0.6 is 11.8 Å². The highest BCUT2D eigenvalue weighted by Gasteiger charge is 2.15. The lowest BCUT2D eigenvalue weighted by Gasteiger charge is -2.12. The van der Waals surface area contributed by atoms with Crippen LogP contribution < -0.4 is 11.1 Å². The quantitative estimate of drug-likeness (QED) is 0.787. The summed E-state index contributed by atoms with van der Waals surface area (Å²) in [6, 6.07) is 6.85. The van der Waals surface area contributed by atoms with Crippen LogP contribution in [0.2, 0.25) is 0 Å². The number of benzene rings is 1. The first kappa shape index (κ1) is 17.0. The highest BCUT2D eigenvalue weighted by molar-refractivity contribution is 7.99. The van der Waals surface area contributed by atoms with Crippen molar-refractivity contribution < 1.29 is 9.59 Å². The number of hydrogen-bond donors (Lipinski definition) is 2. The molecule has 0 bridgehead atoms. The number of primary amides is 1. The van der Waals surface area contributed by atoms with E-state index in [4.69, 9.17) is 5.73 Å². The van der Waals surface area contributed by atoms with Crippen LogP contribution in [0.1, 0.15) is 36.1 Å². The van der Waals surface area contributed by atoms with Gasteiger partial charge in [0.25, 0.3) is 5.91 Å². The molecule has 2 rings (SSSR count). The van der Waals surface area contributed by atoms with Crippen molar-refractivity contribution in [3.63, 3.8) is 0 Å². The van der Waals surface area contributed by atoms with Crippen molar-refractivity contribution in [2.45, 2.75) is 32.0 Å². The van der Waals surface area contributed by atoms with Crippen molar-refractivity contribution in [1.29, 1.82) is 0 Å². The molecule has 1 heterocycles. The van der Waals surface area contributed by atoms with Crippen LogP contribution in [-0.2, 0) is 4.79 Å². The average Bonchev–Trinajstić information content (AvgIpc) is 2.86. The summed E-state index contributed by atoms with van der Waals surface area (Å²) in [5.41, 5.74) is 5.99. The van der Waals surface area contributed by atoms with Crippen molar-refractivity contribution >= 4 is 29.3 Å². The van der Waals surface area contributed by atoms with E-state index in [0.717, 1.165) is 5.82 Å². The lowest BCUT2D eigenvalue weighted by molar-refractivity contribution is -0.113. The Morgan fingerprint density at radius 3 is 2.65 bits per heavy atom. The Bertz CT molecular complexity index is 726. The third-order valence-electron chi connectivity index (χ3n) is 3.15. The number of thioether (sulfide) groups is 1. The number of aromatic nitrogens is 3. The van der Waals surface area contributed by atoms with E-state index in [9.17, 15) is 9.59 Å². The summed E-state index contributed by atoms with van der Waals surface area (Å²) in [6.45, 7) is 5.94. The molecule has 7 nitrogen and oxygen atoms in total. The van der Waals surface area contributed by atoms with Crippen LogP contribution in [0.3, 0.4) is 0 Å². The maximum atomic E-state index is 12.1. The SMILES string of the molecule is Cc1nnc(SCC(=O)Nc2ccccc2C(N)=O)n1C(C)C. The molecule has 0 radical (unpaired) electrons. The van der Waals surface area contributed by atoms with Crippen molar-refractivity contribution in [2.75, 3.05) is 11.1 Å². The van der Waals surface area contributed by atoms with Crippen molar-refractivity contribution in [2.24, 2.45) is 5.73 Å². The summed E-state index contributed by atoms with van der Waals surface area (Å²) in [5.74, 6) is 0.156. The molecule has 0 aliphatic heterocycles. The number of carbonyl (C=O) groups is 2. The highest BCUT2D eigenvalue weighted by Crippen LogP contribution is 2.22. The van der Waals surface area contributed by atoms with Gasteiger partial charge in [-0.15, -0.1) is 10.2 Å². The number of nitrogens with zero attached hydrogens (tertiary/aromatic N) is 3. The van der Waals surface area contributed by atoms with Gasteiger partial charge in [-0.25, -0.2) is 0 Å². The van der Waals surface area contributed by atoms with Crippen LogP contribution in [0, 0.1) is 6.92 Å². The standard InChI is InChI=1S/C15H19N5O2S/c1-9(2)20-10(3)18-19-15(20)23-8-13(21)17-12-7-5-4-6-11(12)14(16)22/h4-7,9H,8H2,1-3H3,(H2,16,22)(H,17,21). The molecule has 0 spiro atoms. The highest BCUT2D eigenvalue weighted by atomic mass is 32.2. The summed E-state index contributed by atoms with van der Waals surface area (Å²) >= 11 is 1.30. The van der Waals surface area contributed by atoms with E-state index in [1.54, 1.807) is 24.3 Å². The third-order valence-corrected chi connectivity index (χ3v) is 4.09. The Balaban J connectivity index is 2.03. The monoisotopic (exact) mass is 333 g/mol. The second-order valence-electron chi connectivity index (χ2n) is 5.24. The van der Waals surface area contributed by atoms with Gasteiger partial charge in [-0.3, -0.25) is 9.59 Å². The Labute approximate surface area is 138 Å². The number of hydrogen-bond acceptors (Lipinski definition) is 5. The first-order valence-electron chi connectivity index (χ1n) is 7.13. The molecule has 3 N–H and O–H groups in total. The van der Waals surface area contributed by atoms with Crippen molar-refractivity contribution in [3.05, 3.63) is 35.7 Å². The molecule has 122 valence electrons. The molecule has 0 aliphatic rings. The summed E-state index contributed by atoms with van der Waals surface area (Å²) in [7, 11) is 0. The minimum Gasteiger partial charge on any atom is -0.366 e. The summed E-state index contributed by atoms with van der Waals surface area (Å²) in [6.07, 6.45) is 0. The maximum Gasteiger partial charge on any atom is 0.250 e. The zero-order valence-corrected chi connectivity index (χ0v) is 14.1. The molecular formula is C15H19N5O2S. The van der Waals surface area contributed by atoms with Gasteiger partial charge in [-0.2, -0.15) is 0 Å². The van der Waals surface area contributed by atoms with Gasteiger partial charge < -0.3 is 15.6 Å². The van der Waals surface area contributed by atoms with E-state index in [-0.39, 0.29) is 23.3 Å². The fourth-order valence-corrected chi connectivity index (χ4v) is 3.08. The summed E-state index contributed by atoms with van der Waals surface area (Å²) < 4.78 is 1.97. The number of para-hydroxylation sites is 1.